The molecule has 2 heterocycles. The highest BCUT2D eigenvalue weighted by molar-refractivity contribution is 5.79. The van der Waals surface area contributed by atoms with Crippen LogP contribution in [0.3, 0.4) is 0 Å². The minimum Gasteiger partial charge on any atom is -0.365 e. The van der Waals surface area contributed by atoms with Gasteiger partial charge in [-0.2, -0.15) is 0 Å². The lowest BCUT2D eigenvalue weighted by molar-refractivity contribution is -0.129. The van der Waals surface area contributed by atoms with Gasteiger partial charge in [-0.05, 0) is 43.4 Å². The van der Waals surface area contributed by atoms with Gasteiger partial charge < -0.3 is 10.2 Å². The number of halogens is 1. The molecule has 0 radical (unpaired) electrons. The largest absolute Gasteiger partial charge is 0.365 e. The van der Waals surface area contributed by atoms with E-state index >= 15 is 0 Å². The first-order valence-electron chi connectivity index (χ1n) is 8.80. The van der Waals surface area contributed by atoms with Crippen LogP contribution in [0, 0.1) is 5.82 Å². The van der Waals surface area contributed by atoms with Crippen molar-refractivity contribution in [2.45, 2.75) is 38.1 Å². The number of benzene rings is 1. The zero-order valence-corrected chi connectivity index (χ0v) is 14.0. The van der Waals surface area contributed by atoms with E-state index in [4.69, 9.17) is 0 Å². The molecule has 25 heavy (non-hydrogen) atoms. The molecule has 1 aromatic carbocycles. The summed E-state index contributed by atoms with van der Waals surface area (Å²) in [6.07, 6.45) is 5.93. The van der Waals surface area contributed by atoms with Crippen molar-refractivity contribution in [3.63, 3.8) is 0 Å². The Morgan fingerprint density at radius 3 is 3.12 bits per heavy atom. The zero-order chi connectivity index (χ0) is 17.2. The molecule has 1 atom stereocenters. The third-order valence-corrected chi connectivity index (χ3v) is 5.00. The monoisotopic (exact) mass is 340 g/mol. The van der Waals surface area contributed by atoms with Crippen LogP contribution in [0.5, 0.6) is 0 Å². The van der Waals surface area contributed by atoms with Crippen molar-refractivity contribution in [1.82, 2.24) is 14.9 Å². The number of hydrogen-bond donors (Lipinski definition) is 1. The second-order valence-electron chi connectivity index (χ2n) is 6.78. The van der Waals surface area contributed by atoms with Crippen molar-refractivity contribution in [3.8, 4) is 0 Å². The fourth-order valence-electron chi connectivity index (χ4n) is 3.72. The Balaban J connectivity index is 1.37. The molecule has 1 N–H and O–H groups in total. The molecule has 0 saturated carbocycles. The predicted octanol–water partition coefficient (Wildman–Crippen LogP) is 2.36. The van der Waals surface area contributed by atoms with Gasteiger partial charge in [0.25, 0.3) is 0 Å². The van der Waals surface area contributed by atoms with E-state index in [0.29, 0.717) is 6.54 Å². The number of aryl methyl sites for hydroxylation is 1. The molecule has 1 aromatic heterocycles. The number of likely N-dealkylation sites (tertiary alicyclic amines) is 1. The molecule has 1 aliphatic heterocycles. The van der Waals surface area contributed by atoms with E-state index in [1.165, 1.54) is 17.7 Å². The molecule has 6 heteroatoms. The van der Waals surface area contributed by atoms with Crippen molar-refractivity contribution in [3.05, 3.63) is 53.2 Å². The van der Waals surface area contributed by atoms with Gasteiger partial charge in [-0.1, -0.05) is 12.1 Å². The lowest BCUT2D eigenvalue weighted by Gasteiger charge is -2.18. The average molecular weight is 340 g/mol. The van der Waals surface area contributed by atoms with E-state index in [1.54, 1.807) is 18.5 Å². The molecule has 5 nitrogen and oxygen atoms in total. The number of hydrogen-bond acceptors (Lipinski definition) is 4. The summed E-state index contributed by atoms with van der Waals surface area (Å²) in [6.45, 7) is 1.38. The Morgan fingerprint density at radius 1 is 1.32 bits per heavy atom. The number of rotatable bonds is 4. The summed E-state index contributed by atoms with van der Waals surface area (Å²) in [5.41, 5.74) is 3.09. The van der Waals surface area contributed by atoms with Crippen molar-refractivity contribution in [2.75, 3.05) is 18.4 Å². The molecule has 4 rings (SSSR count). The first kappa shape index (κ1) is 16.0. The van der Waals surface area contributed by atoms with Crippen molar-refractivity contribution in [2.24, 2.45) is 0 Å². The lowest BCUT2D eigenvalue weighted by Crippen LogP contribution is -2.33. The van der Waals surface area contributed by atoms with Crippen LogP contribution in [0.15, 0.2) is 30.6 Å². The molecule has 130 valence electrons. The zero-order valence-electron chi connectivity index (χ0n) is 14.0. The highest BCUT2D eigenvalue weighted by atomic mass is 19.1. The van der Waals surface area contributed by atoms with E-state index in [0.717, 1.165) is 49.3 Å². The second-order valence-corrected chi connectivity index (χ2v) is 6.78. The molecule has 0 spiro atoms. The number of aromatic nitrogens is 2. The summed E-state index contributed by atoms with van der Waals surface area (Å²) in [4.78, 5) is 23.1. The third-order valence-electron chi connectivity index (χ3n) is 5.00. The van der Waals surface area contributed by atoms with E-state index in [1.807, 2.05) is 4.90 Å². The summed E-state index contributed by atoms with van der Waals surface area (Å²) in [5.74, 6) is 0.665. The fraction of sp³-hybridized carbons (Fsp3) is 0.421. The molecule has 1 fully saturated rings. The molecular weight excluding hydrogens is 319 g/mol. The van der Waals surface area contributed by atoms with Crippen LogP contribution in [-0.4, -0.2) is 39.9 Å². The summed E-state index contributed by atoms with van der Waals surface area (Å²) < 4.78 is 13.3. The van der Waals surface area contributed by atoms with Crippen molar-refractivity contribution < 1.29 is 9.18 Å². The van der Waals surface area contributed by atoms with Gasteiger partial charge in [-0.3, -0.25) is 4.79 Å². The van der Waals surface area contributed by atoms with Crippen LogP contribution >= 0.6 is 0 Å². The van der Waals surface area contributed by atoms with Gasteiger partial charge >= 0.3 is 0 Å². The first-order valence-corrected chi connectivity index (χ1v) is 8.80. The fourth-order valence-corrected chi connectivity index (χ4v) is 3.72. The Morgan fingerprint density at radius 2 is 2.24 bits per heavy atom. The van der Waals surface area contributed by atoms with Gasteiger partial charge in [0.05, 0.1) is 6.42 Å². The van der Waals surface area contributed by atoms with E-state index < -0.39 is 0 Å². The Kier molecular flexibility index (Phi) is 4.34. The summed E-state index contributed by atoms with van der Waals surface area (Å²) >= 11 is 0. The summed E-state index contributed by atoms with van der Waals surface area (Å²) in [5, 5.41) is 3.49. The number of anilines is 1. The normalized spacial score (nSPS) is 19.1. The SMILES string of the molecule is O=C(Cc1cccc(F)c1)N1CC[C@@H](Nc2ncnc3c2CCC3)C1. The Labute approximate surface area is 146 Å². The van der Waals surface area contributed by atoms with Gasteiger partial charge in [-0.25, -0.2) is 14.4 Å². The smallest absolute Gasteiger partial charge is 0.227 e. The molecule has 2 aliphatic rings. The Hall–Kier alpha value is -2.50. The van der Waals surface area contributed by atoms with E-state index in [2.05, 4.69) is 15.3 Å². The summed E-state index contributed by atoms with van der Waals surface area (Å²) in [7, 11) is 0. The molecule has 1 amide bonds. The van der Waals surface area contributed by atoms with Gasteiger partial charge in [0, 0.05) is 30.4 Å². The maximum atomic E-state index is 13.3. The molecule has 0 bridgehead atoms. The van der Waals surface area contributed by atoms with Crippen molar-refractivity contribution >= 4 is 11.7 Å². The minimum atomic E-state index is -0.302. The molecule has 1 saturated heterocycles. The highest BCUT2D eigenvalue weighted by Crippen LogP contribution is 2.26. The second kappa shape index (κ2) is 6.78. The molecular formula is C19H21FN4O. The topological polar surface area (TPSA) is 58.1 Å². The van der Waals surface area contributed by atoms with Crippen LogP contribution in [-0.2, 0) is 24.1 Å². The number of fused-ring (bicyclic) bond motifs is 1. The van der Waals surface area contributed by atoms with Gasteiger partial charge in [0.2, 0.25) is 5.91 Å². The third kappa shape index (κ3) is 3.48. The molecule has 0 unspecified atom stereocenters. The van der Waals surface area contributed by atoms with E-state index in [9.17, 15) is 9.18 Å². The summed E-state index contributed by atoms with van der Waals surface area (Å²) in [6, 6.07) is 6.45. The van der Waals surface area contributed by atoms with Gasteiger partial charge in [0.15, 0.2) is 0 Å². The number of nitrogens with zero attached hydrogens (tertiary/aromatic N) is 3. The van der Waals surface area contributed by atoms with Gasteiger partial charge in [0.1, 0.15) is 18.0 Å². The predicted molar refractivity (Wildman–Crippen MR) is 92.8 cm³/mol. The number of carbonyl (C=O) groups excluding carboxylic acids is 1. The number of nitrogens with one attached hydrogen (secondary N) is 1. The highest BCUT2D eigenvalue weighted by Gasteiger charge is 2.27. The van der Waals surface area contributed by atoms with Crippen LogP contribution in [0.1, 0.15) is 29.7 Å². The quantitative estimate of drug-likeness (QED) is 0.928. The van der Waals surface area contributed by atoms with Crippen LogP contribution in [0.2, 0.25) is 0 Å². The van der Waals surface area contributed by atoms with Crippen LogP contribution in [0.25, 0.3) is 0 Å². The van der Waals surface area contributed by atoms with Crippen LogP contribution in [0.4, 0.5) is 10.2 Å². The number of amides is 1. The lowest BCUT2D eigenvalue weighted by atomic mass is 10.1. The maximum Gasteiger partial charge on any atom is 0.227 e. The van der Waals surface area contributed by atoms with E-state index in [-0.39, 0.29) is 24.2 Å². The first-order chi connectivity index (χ1) is 12.2. The van der Waals surface area contributed by atoms with Crippen LogP contribution < -0.4 is 5.32 Å². The average Bonchev–Trinajstić information content (AvgIpc) is 3.24. The minimum absolute atomic E-state index is 0.0443. The Bertz CT molecular complexity index is 795. The number of carbonyl (C=O) groups is 1. The molecule has 2 aromatic rings. The van der Waals surface area contributed by atoms with Crippen molar-refractivity contribution in [1.29, 1.82) is 0 Å². The standard InChI is InChI=1S/C19H21FN4O/c20-14-4-1-3-13(9-14)10-18(25)24-8-7-15(11-24)23-19-16-5-2-6-17(16)21-12-22-19/h1,3-4,9,12,15H,2,5-8,10-11H2,(H,21,22,23)/t15-/m1/s1. The van der Waals surface area contributed by atoms with Gasteiger partial charge in [-0.15, -0.1) is 0 Å². The molecule has 1 aliphatic carbocycles. The maximum absolute atomic E-state index is 13.3.